The summed E-state index contributed by atoms with van der Waals surface area (Å²) in [6.07, 6.45) is 2.56. The quantitative estimate of drug-likeness (QED) is 0.262. The van der Waals surface area contributed by atoms with E-state index in [2.05, 4.69) is 37.4 Å². The number of hydrogen-bond acceptors (Lipinski definition) is 8. The number of pyridine rings is 1. The number of nitrogen functional groups attached to an aromatic ring is 1. The zero-order chi connectivity index (χ0) is 25.9. The lowest BCUT2D eigenvalue weighted by molar-refractivity contribution is -0.117. The second-order valence-corrected chi connectivity index (χ2v) is 8.97. The highest BCUT2D eigenvalue weighted by Crippen LogP contribution is 2.38. The number of carbonyl (C=O) groups is 1. The second kappa shape index (κ2) is 10.2. The van der Waals surface area contributed by atoms with E-state index in [1.165, 1.54) is 6.33 Å². The Morgan fingerprint density at radius 1 is 1.19 bits per heavy atom. The molecule has 4 N–H and O–H groups in total. The number of nitrogens with two attached hydrogens (primary N) is 1. The van der Waals surface area contributed by atoms with Crippen LogP contribution in [0.15, 0.2) is 48.8 Å². The summed E-state index contributed by atoms with van der Waals surface area (Å²) in [5.41, 5.74) is 10.4. The number of nitrogens with one attached hydrogen (secondary N) is 2. The maximum atomic E-state index is 11.8. The van der Waals surface area contributed by atoms with Gasteiger partial charge in [0.05, 0.1) is 11.4 Å². The summed E-state index contributed by atoms with van der Waals surface area (Å²) in [5, 5.41) is 11.9. The van der Waals surface area contributed by atoms with Gasteiger partial charge in [-0.15, -0.1) is 0 Å². The number of anilines is 2. The number of carbonyl (C=O) groups excluding carboxylic acids is 1. The Hall–Kier alpha value is -4.49. The molecule has 0 radical (unpaired) electrons. The van der Waals surface area contributed by atoms with Crippen LogP contribution in [0, 0.1) is 18.8 Å². The summed E-state index contributed by atoms with van der Waals surface area (Å²) in [4.78, 5) is 25.0. The number of nitrogens with zero attached hydrogens (tertiary/aromatic N) is 5. The molecule has 1 aliphatic carbocycles. The van der Waals surface area contributed by atoms with Gasteiger partial charge >= 0.3 is 0 Å². The van der Waals surface area contributed by atoms with E-state index in [-0.39, 0.29) is 24.2 Å². The SMILES string of the molecule is CC#CC(=O)NC1CC(n2nc(-c3ccc(C(Nc4cccc(C)n4)OC)cc3)c3c(N)ncnc32)C1. The van der Waals surface area contributed by atoms with Crippen molar-refractivity contribution in [3.05, 3.63) is 60.0 Å². The lowest BCUT2D eigenvalue weighted by Crippen LogP contribution is -2.44. The predicted molar refractivity (Wildman–Crippen MR) is 141 cm³/mol. The molecule has 10 nitrogen and oxygen atoms in total. The molecule has 3 aromatic heterocycles. The van der Waals surface area contributed by atoms with E-state index in [0.29, 0.717) is 22.5 Å². The number of methoxy groups -OCH3 is 1. The van der Waals surface area contributed by atoms with Crippen molar-refractivity contribution in [2.45, 2.75) is 45.0 Å². The molecular formula is C27H28N8O2. The van der Waals surface area contributed by atoms with Crippen molar-refractivity contribution >= 4 is 28.6 Å². The first-order chi connectivity index (χ1) is 18.0. The first kappa shape index (κ1) is 24.2. The summed E-state index contributed by atoms with van der Waals surface area (Å²) < 4.78 is 7.57. The number of benzene rings is 1. The molecule has 1 unspecified atom stereocenters. The van der Waals surface area contributed by atoms with E-state index < -0.39 is 0 Å². The zero-order valence-corrected chi connectivity index (χ0v) is 20.9. The number of amides is 1. The normalized spacial score (nSPS) is 17.4. The molecule has 1 atom stereocenters. The Balaban J connectivity index is 1.40. The summed E-state index contributed by atoms with van der Waals surface area (Å²) in [7, 11) is 1.65. The standard InChI is InChI=1S/C27H28N8O2/c1-4-6-22(36)32-19-13-20(14-19)35-26-23(25(28)29-15-30-26)24(34-35)17-9-11-18(12-10-17)27(37-3)33-21-8-5-7-16(2)31-21/h5,7-12,15,19-20,27H,13-14H2,1-3H3,(H,31,33)(H,32,36)(H2,28,29,30). The van der Waals surface area contributed by atoms with Gasteiger partial charge in [-0.3, -0.25) is 4.79 Å². The molecule has 1 fully saturated rings. The minimum Gasteiger partial charge on any atom is -0.383 e. The van der Waals surface area contributed by atoms with Gasteiger partial charge in [-0.05, 0) is 44.7 Å². The number of rotatable bonds is 7. The molecule has 37 heavy (non-hydrogen) atoms. The molecule has 1 amide bonds. The van der Waals surface area contributed by atoms with Crippen molar-refractivity contribution < 1.29 is 9.53 Å². The van der Waals surface area contributed by atoms with Crippen LogP contribution in [0.1, 0.15) is 43.3 Å². The summed E-state index contributed by atoms with van der Waals surface area (Å²) in [6.45, 7) is 3.59. The Morgan fingerprint density at radius 2 is 1.97 bits per heavy atom. The number of ether oxygens (including phenoxy) is 1. The van der Waals surface area contributed by atoms with Crippen LogP contribution in [0.25, 0.3) is 22.3 Å². The molecule has 188 valence electrons. The van der Waals surface area contributed by atoms with Crippen LogP contribution < -0.4 is 16.4 Å². The Labute approximate surface area is 214 Å². The molecule has 4 aromatic rings. The van der Waals surface area contributed by atoms with Crippen LogP contribution in [-0.4, -0.2) is 43.8 Å². The summed E-state index contributed by atoms with van der Waals surface area (Å²) in [6, 6.07) is 13.9. The molecule has 0 spiro atoms. The van der Waals surface area contributed by atoms with E-state index >= 15 is 0 Å². The molecule has 3 heterocycles. The Morgan fingerprint density at radius 3 is 2.68 bits per heavy atom. The highest BCUT2D eigenvalue weighted by molar-refractivity contribution is 5.98. The fraction of sp³-hybridized carbons (Fsp3) is 0.296. The van der Waals surface area contributed by atoms with Gasteiger partial charge in [0, 0.05) is 30.0 Å². The first-order valence-corrected chi connectivity index (χ1v) is 12.0. The highest BCUT2D eigenvalue weighted by atomic mass is 16.5. The average molecular weight is 497 g/mol. The van der Waals surface area contributed by atoms with Crippen molar-refractivity contribution in [1.82, 2.24) is 30.0 Å². The number of aromatic nitrogens is 5. The number of fused-ring (bicyclic) bond motifs is 1. The van der Waals surface area contributed by atoms with Crippen LogP contribution >= 0.6 is 0 Å². The van der Waals surface area contributed by atoms with Gasteiger partial charge in [-0.25, -0.2) is 19.6 Å². The van der Waals surface area contributed by atoms with Crippen LogP contribution in [0.5, 0.6) is 0 Å². The minimum atomic E-state index is -0.370. The third kappa shape index (κ3) is 4.94. The van der Waals surface area contributed by atoms with Crippen molar-refractivity contribution in [2.75, 3.05) is 18.2 Å². The van der Waals surface area contributed by atoms with Crippen molar-refractivity contribution in [3.63, 3.8) is 0 Å². The molecule has 0 saturated heterocycles. The molecule has 5 rings (SSSR count). The van der Waals surface area contributed by atoms with Crippen molar-refractivity contribution in [1.29, 1.82) is 0 Å². The third-order valence-corrected chi connectivity index (χ3v) is 6.44. The summed E-state index contributed by atoms with van der Waals surface area (Å²) >= 11 is 0. The van der Waals surface area contributed by atoms with E-state index in [1.807, 2.05) is 54.1 Å². The topological polar surface area (TPSA) is 133 Å². The average Bonchev–Trinajstić information content (AvgIpc) is 3.25. The molecule has 10 heteroatoms. The third-order valence-electron chi connectivity index (χ3n) is 6.44. The fourth-order valence-electron chi connectivity index (χ4n) is 4.54. The van der Waals surface area contributed by atoms with E-state index in [4.69, 9.17) is 15.6 Å². The van der Waals surface area contributed by atoms with Gasteiger partial charge in [-0.1, -0.05) is 36.3 Å². The smallest absolute Gasteiger partial charge is 0.296 e. The van der Waals surface area contributed by atoms with Crippen LogP contribution in [0.3, 0.4) is 0 Å². The van der Waals surface area contributed by atoms with E-state index in [1.54, 1.807) is 14.0 Å². The maximum absolute atomic E-state index is 11.8. The fourth-order valence-corrected chi connectivity index (χ4v) is 4.54. The van der Waals surface area contributed by atoms with Gasteiger partial charge in [0.25, 0.3) is 5.91 Å². The van der Waals surface area contributed by atoms with Gasteiger partial charge in [0.1, 0.15) is 23.7 Å². The lowest BCUT2D eigenvalue weighted by atomic mass is 9.87. The zero-order valence-electron chi connectivity index (χ0n) is 20.9. The second-order valence-electron chi connectivity index (χ2n) is 8.97. The monoisotopic (exact) mass is 496 g/mol. The predicted octanol–water partition coefficient (Wildman–Crippen LogP) is 3.38. The lowest BCUT2D eigenvalue weighted by Gasteiger charge is -2.35. The van der Waals surface area contributed by atoms with E-state index in [0.717, 1.165) is 35.5 Å². The molecule has 0 bridgehead atoms. The minimum absolute atomic E-state index is 0.0564. The van der Waals surface area contributed by atoms with Gasteiger partial charge in [-0.2, -0.15) is 5.10 Å². The molecule has 1 aliphatic rings. The van der Waals surface area contributed by atoms with Crippen LogP contribution in [0.4, 0.5) is 11.6 Å². The Bertz CT molecular complexity index is 1500. The highest BCUT2D eigenvalue weighted by Gasteiger charge is 2.34. The largest absolute Gasteiger partial charge is 0.383 e. The van der Waals surface area contributed by atoms with Gasteiger partial charge in [0.15, 0.2) is 11.9 Å². The molecule has 1 aromatic carbocycles. The first-order valence-electron chi connectivity index (χ1n) is 12.0. The van der Waals surface area contributed by atoms with Crippen molar-refractivity contribution in [2.24, 2.45) is 0 Å². The molecule has 0 aliphatic heterocycles. The van der Waals surface area contributed by atoms with E-state index in [9.17, 15) is 4.79 Å². The maximum Gasteiger partial charge on any atom is 0.296 e. The molecule has 1 saturated carbocycles. The van der Waals surface area contributed by atoms with Crippen LogP contribution in [-0.2, 0) is 9.53 Å². The van der Waals surface area contributed by atoms with Crippen molar-refractivity contribution in [3.8, 4) is 23.1 Å². The number of aryl methyl sites for hydroxylation is 1. The van der Waals surface area contributed by atoms with Gasteiger partial charge < -0.3 is 21.1 Å². The number of hydrogen-bond donors (Lipinski definition) is 3. The summed E-state index contributed by atoms with van der Waals surface area (Å²) in [5.74, 6) is 5.99. The molecular weight excluding hydrogens is 468 g/mol. The van der Waals surface area contributed by atoms with Gasteiger partial charge in [0.2, 0.25) is 0 Å². The Kier molecular flexibility index (Phi) is 6.70. The van der Waals surface area contributed by atoms with Crippen LogP contribution in [0.2, 0.25) is 0 Å².